The summed E-state index contributed by atoms with van der Waals surface area (Å²) < 4.78 is 5.58. The van der Waals surface area contributed by atoms with E-state index in [0.717, 1.165) is 5.56 Å². The first-order valence-corrected chi connectivity index (χ1v) is 5.15. The molecule has 1 aromatic carbocycles. The lowest BCUT2D eigenvalue weighted by Crippen LogP contribution is -2.33. The number of nitrogens with zero attached hydrogens (tertiary/aromatic N) is 3. The number of halogens is 1. The largest absolute Gasteiger partial charge is 0.369 e. The lowest BCUT2D eigenvalue weighted by Gasteiger charge is -2.23. The molecule has 1 heterocycles. The Morgan fingerprint density at radius 1 is 1.47 bits per heavy atom. The van der Waals surface area contributed by atoms with E-state index in [-0.39, 0.29) is 6.10 Å². The molecule has 78 valence electrons. The van der Waals surface area contributed by atoms with Crippen molar-refractivity contribution in [3.05, 3.63) is 39.9 Å². The maximum Gasteiger partial charge on any atom is 0.305 e. The number of hydrogen-bond donors (Lipinski definition) is 0. The van der Waals surface area contributed by atoms with Gasteiger partial charge in [0.25, 0.3) is 5.39 Å². The van der Waals surface area contributed by atoms with Crippen LogP contribution in [-0.4, -0.2) is 24.7 Å². The van der Waals surface area contributed by atoms with Gasteiger partial charge in [-0.3, -0.25) is 0 Å². The van der Waals surface area contributed by atoms with Gasteiger partial charge in [-0.25, -0.2) is 0 Å². The van der Waals surface area contributed by atoms with Gasteiger partial charge in [0.2, 0.25) is 0 Å². The zero-order chi connectivity index (χ0) is 10.7. The Labute approximate surface area is 93.0 Å². The van der Waals surface area contributed by atoms with Crippen molar-refractivity contribution in [2.75, 3.05) is 19.7 Å². The summed E-state index contributed by atoms with van der Waals surface area (Å²) in [4.78, 5) is 0. The van der Waals surface area contributed by atoms with Crippen LogP contribution in [0.1, 0.15) is 11.7 Å². The Kier molecular flexibility index (Phi) is 3.05. The van der Waals surface area contributed by atoms with Crippen molar-refractivity contribution in [3.63, 3.8) is 0 Å². The van der Waals surface area contributed by atoms with Crippen LogP contribution in [0.5, 0.6) is 0 Å². The first-order valence-electron chi connectivity index (χ1n) is 4.77. The van der Waals surface area contributed by atoms with Crippen molar-refractivity contribution >= 4 is 11.6 Å². The van der Waals surface area contributed by atoms with E-state index in [0.29, 0.717) is 24.7 Å². The maximum atomic E-state index is 8.69. The molecule has 1 aromatic rings. The summed E-state index contributed by atoms with van der Waals surface area (Å²) in [6.45, 7) is 1.68. The predicted octanol–water partition coefficient (Wildman–Crippen LogP) is 2.48. The Morgan fingerprint density at radius 2 is 2.27 bits per heavy atom. The number of rotatable bonds is 1. The Balaban J connectivity index is 2.18. The van der Waals surface area contributed by atoms with Crippen molar-refractivity contribution in [2.24, 2.45) is 0 Å². The first kappa shape index (κ1) is 10.2. The highest BCUT2D eigenvalue weighted by molar-refractivity contribution is 6.31. The molecule has 0 N–H and O–H groups in total. The van der Waals surface area contributed by atoms with Crippen LogP contribution in [0.25, 0.3) is 5.08 Å². The SMILES string of the molecule is N#[N+]N1CCOC(c2ccccc2Cl)C1. The molecule has 0 aromatic heterocycles. The number of ether oxygens (including phenoxy) is 1. The van der Waals surface area contributed by atoms with Crippen LogP contribution < -0.4 is 0 Å². The molecule has 0 aliphatic carbocycles. The monoisotopic (exact) mass is 224 g/mol. The molecule has 1 saturated heterocycles. The van der Waals surface area contributed by atoms with Crippen LogP contribution in [0, 0.1) is 5.39 Å². The molecule has 0 bridgehead atoms. The first-order chi connectivity index (χ1) is 7.31. The quantitative estimate of drug-likeness (QED) is 0.688. The molecule has 0 saturated carbocycles. The van der Waals surface area contributed by atoms with Gasteiger partial charge in [0, 0.05) is 10.6 Å². The van der Waals surface area contributed by atoms with Gasteiger partial charge in [-0.1, -0.05) is 29.8 Å². The number of morpholine rings is 1. The Bertz CT molecular complexity index is 390. The normalized spacial score (nSPS) is 21.1. The van der Waals surface area contributed by atoms with E-state index >= 15 is 0 Å². The highest BCUT2D eigenvalue weighted by atomic mass is 35.5. The molecule has 0 amide bonds. The second-order valence-electron chi connectivity index (χ2n) is 3.38. The fraction of sp³-hybridized carbons (Fsp3) is 0.400. The van der Waals surface area contributed by atoms with E-state index in [9.17, 15) is 0 Å². The van der Waals surface area contributed by atoms with Gasteiger partial charge < -0.3 is 4.74 Å². The average Bonchev–Trinajstić information content (AvgIpc) is 2.30. The van der Waals surface area contributed by atoms with Crippen molar-refractivity contribution in [1.29, 1.82) is 5.39 Å². The molecule has 2 rings (SSSR count). The molecule has 4 nitrogen and oxygen atoms in total. The van der Waals surface area contributed by atoms with Crippen molar-refractivity contribution in [3.8, 4) is 0 Å². The highest BCUT2D eigenvalue weighted by Crippen LogP contribution is 2.28. The van der Waals surface area contributed by atoms with Gasteiger partial charge in [-0.05, 0) is 11.1 Å². The fourth-order valence-corrected chi connectivity index (χ4v) is 1.90. The van der Waals surface area contributed by atoms with Crippen molar-refractivity contribution in [1.82, 2.24) is 5.01 Å². The van der Waals surface area contributed by atoms with E-state index in [1.54, 1.807) is 5.01 Å². The summed E-state index contributed by atoms with van der Waals surface area (Å²) in [7, 11) is 0. The van der Waals surface area contributed by atoms with Crippen molar-refractivity contribution in [2.45, 2.75) is 6.10 Å². The summed E-state index contributed by atoms with van der Waals surface area (Å²) in [5.41, 5.74) is 0.938. The molecule has 0 spiro atoms. The predicted molar refractivity (Wildman–Crippen MR) is 56.8 cm³/mol. The summed E-state index contributed by atoms with van der Waals surface area (Å²) in [6.07, 6.45) is -0.122. The van der Waals surface area contributed by atoms with Gasteiger partial charge >= 0.3 is 5.08 Å². The minimum absolute atomic E-state index is 0.122. The summed E-state index contributed by atoms with van der Waals surface area (Å²) >= 11 is 6.06. The summed E-state index contributed by atoms with van der Waals surface area (Å²) in [5, 5.41) is 14.1. The second-order valence-corrected chi connectivity index (χ2v) is 3.79. The van der Waals surface area contributed by atoms with E-state index in [1.807, 2.05) is 24.3 Å². The molecule has 15 heavy (non-hydrogen) atoms. The van der Waals surface area contributed by atoms with Crippen LogP contribution in [0.15, 0.2) is 24.3 Å². The zero-order valence-corrected chi connectivity index (χ0v) is 8.89. The minimum atomic E-state index is -0.122. The number of diazo groups is 1. The van der Waals surface area contributed by atoms with Crippen LogP contribution >= 0.6 is 11.6 Å². The molecule has 5 heteroatoms. The minimum Gasteiger partial charge on any atom is -0.369 e. The molecule has 1 atom stereocenters. The fourth-order valence-electron chi connectivity index (χ4n) is 1.64. The maximum absolute atomic E-state index is 8.69. The molecule has 0 radical (unpaired) electrons. The molecule has 1 aliphatic rings. The summed E-state index contributed by atoms with van der Waals surface area (Å²) in [5.74, 6) is 0. The van der Waals surface area contributed by atoms with Crippen LogP contribution in [-0.2, 0) is 4.74 Å². The second kappa shape index (κ2) is 4.47. The van der Waals surface area contributed by atoms with Gasteiger partial charge in [-0.15, -0.1) is 0 Å². The van der Waals surface area contributed by atoms with E-state index < -0.39 is 0 Å². The van der Waals surface area contributed by atoms with Crippen molar-refractivity contribution < 1.29 is 4.74 Å². The lowest BCUT2D eigenvalue weighted by molar-refractivity contribution is -0.0156. The highest BCUT2D eigenvalue weighted by Gasteiger charge is 2.28. The lowest BCUT2D eigenvalue weighted by atomic mass is 10.1. The molecular weight excluding hydrogens is 214 g/mol. The Morgan fingerprint density at radius 3 is 3.00 bits per heavy atom. The van der Waals surface area contributed by atoms with E-state index in [2.05, 4.69) is 5.08 Å². The molecule has 1 fully saturated rings. The summed E-state index contributed by atoms with van der Waals surface area (Å²) in [6, 6.07) is 7.55. The van der Waals surface area contributed by atoms with Gasteiger partial charge in [-0.2, -0.15) is 0 Å². The third-order valence-corrected chi connectivity index (χ3v) is 2.77. The van der Waals surface area contributed by atoms with E-state index in [1.165, 1.54) is 0 Å². The molecule has 1 unspecified atom stereocenters. The third-order valence-electron chi connectivity index (χ3n) is 2.42. The third kappa shape index (κ3) is 2.20. The van der Waals surface area contributed by atoms with Crippen LogP contribution in [0.2, 0.25) is 5.02 Å². The number of hydrogen-bond acceptors (Lipinski definition) is 3. The average molecular weight is 225 g/mol. The van der Waals surface area contributed by atoms with Gasteiger partial charge in [0.05, 0.1) is 6.61 Å². The smallest absolute Gasteiger partial charge is 0.305 e. The van der Waals surface area contributed by atoms with E-state index in [4.69, 9.17) is 21.7 Å². The zero-order valence-electron chi connectivity index (χ0n) is 8.14. The van der Waals surface area contributed by atoms with Crippen LogP contribution in [0.4, 0.5) is 0 Å². The molecule has 1 aliphatic heterocycles. The Hall–Kier alpha value is -1.31. The van der Waals surface area contributed by atoms with Gasteiger partial charge in [0.1, 0.15) is 19.2 Å². The topological polar surface area (TPSA) is 40.6 Å². The van der Waals surface area contributed by atoms with Crippen LogP contribution in [0.3, 0.4) is 0 Å². The number of benzene rings is 1. The van der Waals surface area contributed by atoms with Gasteiger partial charge in [0.15, 0.2) is 0 Å². The standard InChI is InChI=1S/C10H11ClN3O/c11-9-4-2-1-3-8(9)10-7-14(13-12)5-6-15-10/h1-4,10H,5-7H2/q+1. The molecular formula is C10H11ClN3O+.